The highest BCUT2D eigenvalue weighted by atomic mass is 16.6. The van der Waals surface area contributed by atoms with Gasteiger partial charge in [0.1, 0.15) is 5.75 Å². The predicted molar refractivity (Wildman–Crippen MR) is 102 cm³/mol. The number of nitrogens with one attached hydrogen (secondary N) is 1. The van der Waals surface area contributed by atoms with Crippen molar-refractivity contribution in [1.29, 1.82) is 0 Å². The molecular formula is C20H27N3O5. The van der Waals surface area contributed by atoms with E-state index in [-0.39, 0.29) is 23.8 Å². The third-order valence-corrected chi connectivity index (χ3v) is 5.12. The Kier molecular flexibility index (Phi) is 6.73. The van der Waals surface area contributed by atoms with Gasteiger partial charge in [0.2, 0.25) is 11.8 Å². The first-order valence-corrected chi connectivity index (χ1v) is 9.67. The summed E-state index contributed by atoms with van der Waals surface area (Å²) in [5, 5.41) is 2.89. The number of nitrogens with zero attached hydrogens (tertiary/aromatic N) is 2. The van der Waals surface area contributed by atoms with Crippen molar-refractivity contribution in [1.82, 2.24) is 15.1 Å². The molecule has 0 aliphatic carbocycles. The molecule has 2 aliphatic heterocycles. The van der Waals surface area contributed by atoms with Crippen molar-refractivity contribution in [3.63, 3.8) is 0 Å². The van der Waals surface area contributed by atoms with Crippen LogP contribution in [-0.4, -0.2) is 67.6 Å². The number of hydrogen-bond donors (Lipinski definition) is 1. The van der Waals surface area contributed by atoms with Crippen molar-refractivity contribution in [3.05, 3.63) is 29.8 Å². The van der Waals surface area contributed by atoms with Crippen molar-refractivity contribution in [2.45, 2.75) is 25.8 Å². The maximum absolute atomic E-state index is 12.5. The van der Waals surface area contributed by atoms with E-state index < -0.39 is 0 Å². The first kappa shape index (κ1) is 20.0. The fourth-order valence-corrected chi connectivity index (χ4v) is 3.53. The summed E-state index contributed by atoms with van der Waals surface area (Å²) in [5.41, 5.74) is 0.970. The molecule has 0 saturated carbocycles. The minimum Gasteiger partial charge on any atom is -0.497 e. The lowest BCUT2D eigenvalue weighted by Crippen LogP contribution is -2.47. The highest BCUT2D eigenvalue weighted by Crippen LogP contribution is 2.21. The van der Waals surface area contributed by atoms with Crippen LogP contribution in [-0.2, 0) is 20.9 Å². The second kappa shape index (κ2) is 9.43. The molecule has 0 radical (unpaired) electrons. The molecule has 1 aromatic carbocycles. The minimum atomic E-state index is -0.326. The second-order valence-corrected chi connectivity index (χ2v) is 7.11. The smallest absolute Gasteiger partial charge is 0.409 e. The molecule has 3 rings (SSSR count). The number of methoxy groups -OCH3 is 1. The van der Waals surface area contributed by atoms with Gasteiger partial charge in [-0.3, -0.25) is 9.59 Å². The van der Waals surface area contributed by atoms with Crippen LogP contribution in [0.1, 0.15) is 24.8 Å². The van der Waals surface area contributed by atoms with Crippen LogP contribution in [0.25, 0.3) is 0 Å². The molecule has 1 N–H and O–H groups in total. The first-order chi connectivity index (χ1) is 13.6. The number of carbonyl (C=O) groups is 3. The molecule has 1 aromatic rings. The Morgan fingerprint density at radius 1 is 1.32 bits per heavy atom. The molecule has 0 spiro atoms. The molecule has 152 valence electrons. The summed E-state index contributed by atoms with van der Waals surface area (Å²) >= 11 is 0. The van der Waals surface area contributed by atoms with Gasteiger partial charge in [-0.05, 0) is 30.5 Å². The van der Waals surface area contributed by atoms with Gasteiger partial charge in [0.15, 0.2) is 0 Å². The van der Waals surface area contributed by atoms with Crippen molar-refractivity contribution >= 4 is 17.9 Å². The summed E-state index contributed by atoms with van der Waals surface area (Å²) in [7, 11) is 1.61. The molecule has 3 amide bonds. The van der Waals surface area contributed by atoms with Gasteiger partial charge in [0.25, 0.3) is 0 Å². The molecular weight excluding hydrogens is 362 g/mol. The average molecular weight is 389 g/mol. The Bertz CT molecular complexity index is 724. The quantitative estimate of drug-likeness (QED) is 0.761. The lowest BCUT2D eigenvalue weighted by Gasteiger charge is -2.32. The second-order valence-electron chi connectivity index (χ2n) is 7.11. The molecule has 2 fully saturated rings. The van der Waals surface area contributed by atoms with E-state index >= 15 is 0 Å². The van der Waals surface area contributed by atoms with Gasteiger partial charge < -0.3 is 24.6 Å². The van der Waals surface area contributed by atoms with E-state index in [1.54, 1.807) is 16.9 Å². The van der Waals surface area contributed by atoms with Gasteiger partial charge in [0, 0.05) is 39.1 Å². The number of likely N-dealkylation sites (tertiary alicyclic amines) is 1. The minimum absolute atomic E-state index is 0.0583. The van der Waals surface area contributed by atoms with Gasteiger partial charge in [-0.2, -0.15) is 0 Å². The lowest BCUT2D eigenvalue weighted by molar-refractivity contribution is -0.138. The lowest BCUT2D eigenvalue weighted by atomic mass is 9.96. The average Bonchev–Trinajstić information content (AvgIpc) is 2.71. The first-order valence-electron chi connectivity index (χ1n) is 9.67. The third-order valence-electron chi connectivity index (χ3n) is 5.12. The zero-order valence-corrected chi connectivity index (χ0v) is 16.2. The molecule has 2 heterocycles. The Morgan fingerprint density at radius 3 is 2.96 bits per heavy atom. The molecule has 8 heteroatoms. The Morgan fingerprint density at radius 2 is 2.18 bits per heavy atom. The fourth-order valence-electron chi connectivity index (χ4n) is 3.53. The zero-order chi connectivity index (χ0) is 19.9. The van der Waals surface area contributed by atoms with Crippen LogP contribution in [0.5, 0.6) is 5.75 Å². The maximum atomic E-state index is 12.5. The van der Waals surface area contributed by atoms with E-state index in [2.05, 4.69) is 5.32 Å². The number of benzene rings is 1. The fraction of sp³-hybridized carbons (Fsp3) is 0.550. The van der Waals surface area contributed by atoms with Crippen LogP contribution in [0.2, 0.25) is 0 Å². The topological polar surface area (TPSA) is 88.2 Å². The molecule has 0 aromatic heterocycles. The van der Waals surface area contributed by atoms with Crippen molar-refractivity contribution in [2.24, 2.45) is 5.92 Å². The molecule has 2 aliphatic rings. The van der Waals surface area contributed by atoms with Crippen molar-refractivity contribution in [2.75, 3.05) is 39.9 Å². The van der Waals surface area contributed by atoms with Crippen LogP contribution in [0.15, 0.2) is 24.3 Å². The van der Waals surface area contributed by atoms with E-state index in [1.807, 2.05) is 24.3 Å². The number of carbonyl (C=O) groups excluding carboxylic acids is 3. The Hall–Kier alpha value is -2.77. The van der Waals surface area contributed by atoms with Gasteiger partial charge in [-0.15, -0.1) is 0 Å². The number of rotatable bonds is 7. The number of ether oxygens (including phenoxy) is 2. The summed E-state index contributed by atoms with van der Waals surface area (Å²) < 4.78 is 10.2. The number of piperidine rings is 1. The van der Waals surface area contributed by atoms with Crippen LogP contribution in [0, 0.1) is 5.92 Å². The standard InChI is InChI=1S/C20H27N3O5/c1-27-17-5-2-4-15(12-17)13-23-14-16(6-7-18(23)24)19(25)21-8-10-22-9-3-11-28-20(22)26/h2,4-5,12,16H,3,6-11,13-14H2,1H3,(H,21,25)/t16-/m0/s1. The van der Waals surface area contributed by atoms with E-state index in [1.165, 1.54) is 0 Å². The molecule has 0 bridgehead atoms. The zero-order valence-electron chi connectivity index (χ0n) is 16.2. The largest absolute Gasteiger partial charge is 0.497 e. The molecule has 8 nitrogen and oxygen atoms in total. The van der Waals surface area contributed by atoms with Gasteiger partial charge in [-0.1, -0.05) is 12.1 Å². The van der Waals surface area contributed by atoms with Crippen molar-refractivity contribution < 1.29 is 23.9 Å². The van der Waals surface area contributed by atoms with Crippen LogP contribution in [0.3, 0.4) is 0 Å². The van der Waals surface area contributed by atoms with E-state index in [9.17, 15) is 14.4 Å². The number of amides is 3. The van der Waals surface area contributed by atoms with Crippen LogP contribution >= 0.6 is 0 Å². The summed E-state index contributed by atoms with van der Waals surface area (Å²) in [4.78, 5) is 39.7. The highest BCUT2D eigenvalue weighted by Gasteiger charge is 2.30. The molecule has 28 heavy (non-hydrogen) atoms. The van der Waals surface area contributed by atoms with Gasteiger partial charge in [-0.25, -0.2) is 4.79 Å². The Labute approximate surface area is 164 Å². The summed E-state index contributed by atoms with van der Waals surface area (Å²) in [6, 6.07) is 7.58. The van der Waals surface area contributed by atoms with Gasteiger partial charge in [0.05, 0.1) is 19.6 Å². The molecule has 2 saturated heterocycles. The Balaban J connectivity index is 1.49. The van der Waals surface area contributed by atoms with Crippen LogP contribution in [0.4, 0.5) is 4.79 Å². The molecule has 0 unspecified atom stereocenters. The SMILES string of the molecule is COc1cccc(CN2C[C@@H](C(=O)NCCN3CCCOC3=O)CCC2=O)c1. The summed E-state index contributed by atoms with van der Waals surface area (Å²) in [6.45, 7) is 2.78. The van der Waals surface area contributed by atoms with Gasteiger partial charge >= 0.3 is 6.09 Å². The van der Waals surface area contributed by atoms with Crippen molar-refractivity contribution in [3.8, 4) is 5.75 Å². The predicted octanol–water partition coefficient (Wildman–Crippen LogP) is 1.39. The molecule has 1 atom stereocenters. The normalized spacial score (nSPS) is 20.0. The summed E-state index contributed by atoms with van der Waals surface area (Å²) in [6.07, 6.45) is 1.39. The monoisotopic (exact) mass is 389 g/mol. The number of cyclic esters (lactones) is 1. The highest BCUT2D eigenvalue weighted by molar-refractivity contribution is 5.83. The summed E-state index contributed by atoms with van der Waals surface area (Å²) in [5.74, 6) is 0.487. The number of hydrogen-bond acceptors (Lipinski definition) is 5. The van der Waals surface area contributed by atoms with E-state index in [0.717, 1.165) is 17.7 Å². The third kappa shape index (κ3) is 5.15. The van der Waals surface area contributed by atoms with E-state index in [4.69, 9.17) is 9.47 Å². The van der Waals surface area contributed by atoms with E-state index in [0.29, 0.717) is 52.2 Å². The maximum Gasteiger partial charge on any atom is 0.409 e. The van der Waals surface area contributed by atoms with Crippen LogP contribution < -0.4 is 10.1 Å².